The Hall–Kier alpha value is -3.58. The molecule has 3 aromatic rings. The molecule has 2 amide bonds. The predicted molar refractivity (Wildman–Crippen MR) is 140 cm³/mol. The van der Waals surface area contributed by atoms with Crippen LogP contribution in [0.5, 0.6) is 0 Å². The van der Waals surface area contributed by atoms with E-state index in [1.807, 2.05) is 53.4 Å². The molecule has 35 heavy (non-hydrogen) atoms. The molecule has 182 valence electrons. The molecule has 2 heterocycles. The standard InChI is InChI=1S/C27H30ClN5O2/c28-16-27(35)33-12-10-21(11-13-33)20-6-8-23(9-7-20)32-26-15-24(22(18-31-26)14-25(29)34)30-17-19-4-2-1-3-5-19/h1-9,15,18,21H,10-14,16-17H2,(H2,29,34)(H2,30,31,32). The number of carbonyl (C=O) groups excluding carboxylic acids is 2. The topological polar surface area (TPSA) is 100 Å². The number of aromatic nitrogens is 1. The van der Waals surface area contributed by atoms with Gasteiger partial charge in [-0.05, 0) is 42.0 Å². The van der Waals surface area contributed by atoms with Gasteiger partial charge in [0.05, 0.1) is 6.42 Å². The van der Waals surface area contributed by atoms with Crippen LogP contribution in [0.2, 0.25) is 0 Å². The maximum absolute atomic E-state index is 11.8. The van der Waals surface area contributed by atoms with Crippen molar-refractivity contribution in [1.29, 1.82) is 0 Å². The number of hydrogen-bond donors (Lipinski definition) is 3. The first-order valence-electron chi connectivity index (χ1n) is 11.8. The highest BCUT2D eigenvalue weighted by Crippen LogP contribution is 2.30. The molecule has 0 radical (unpaired) electrons. The molecule has 0 aliphatic carbocycles. The summed E-state index contributed by atoms with van der Waals surface area (Å²) >= 11 is 5.68. The molecule has 1 saturated heterocycles. The fourth-order valence-corrected chi connectivity index (χ4v) is 4.54. The summed E-state index contributed by atoms with van der Waals surface area (Å²) in [4.78, 5) is 29.6. The van der Waals surface area contributed by atoms with Gasteiger partial charge in [0.1, 0.15) is 11.7 Å². The Labute approximate surface area is 210 Å². The van der Waals surface area contributed by atoms with Crippen LogP contribution in [0.25, 0.3) is 0 Å². The minimum Gasteiger partial charge on any atom is -0.381 e. The van der Waals surface area contributed by atoms with Crippen molar-refractivity contribution in [2.75, 3.05) is 29.6 Å². The van der Waals surface area contributed by atoms with Gasteiger partial charge >= 0.3 is 0 Å². The molecule has 1 aromatic heterocycles. The van der Waals surface area contributed by atoms with Crippen LogP contribution < -0.4 is 16.4 Å². The van der Waals surface area contributed by atoms with Crippen molar-refractivity contribution in [3.63, 3.8) is 0 Å². The third-order valence-corrected chi connectivity index (χ3v) is 6.52. The Balaban J connectivity index is 1.41. The molecule has 4 N–H and O–H groups in total. The van der Waals surface area contributed by atoms with Crippen LogP contribution in [0.1, 0.15) is 35.4 Å². The molecule has 7 nitrogen and oxygen atoms in total. The van der Waals surface area contributed by atoms with Gasteiger partial charge in [-0.15, -0.1) is 11.6 Å². The number of piperidine rings is 1. The Kier molecular flexibility index (Phi) is 8.21. The first-order valence-corrected chi connectivity index (χ1v) is 12.3. The lowest BCUT2D eigenvalue weighted by atomic mass is 9.89. The number of carbonyl (C=O) groups is 2. The normalized spacial score (nSPS) is 13.9. The number of halogens is 1. The minimum atomic E-state index is -0.399. The van der Waals surface area contributed by atoms with E-state index in [2.05, 4.69) is 27.8 Å². The summed E-state index contributed by atoms with van der Waals surface area (Å²) in [5.41, 5.74) is 10.3. The van der Waals surface area contributed by atoms with Crippen LogP contribution in [0.4, 0.5) is 17.2 Å². The maximum Gasteiger partial charge on any atom is 0.237 e. The van der Waals surface area contributed by atoms with E-state index in [1.54, 1.807) is 6.20 Å². The number of likely N-dealkylation sites (tertiary alicyclic amines) is 1. The summed E-state index contributed by atoms with van der Waals surface area (Å²) in [7, 11) is 0. The van der Waals surface area contributed by atoms with E-state index in [0.717, 1.165) is 48.4 Å². The van der Waals surface area contributed by atoms with Gasteiger partial charge in [-0.1, -0.05) is 42.5 Å². The van der Waals surface area contributed by atoms with E-state index < -0.39 is 5.91 Å². The fourth-order valence-electron chi connectivity index (χ4n) is 4.37. The van der Waals surface area contributed by atoms with Crippen molar-refractivity contribution < 1.29 is 9.59 Å². The number of nitrogens with zero attached hydrogens (tertiary/aromatic N) is 2. The highest BCUT2D eigenvalue weighted by Gasteiger charge is 2.23. The average Bonchev–Trinajstić information content (AvgIpc) is 2.89. The monoisotopic (exact) mass is 491 g/mol. The average molecular weight is 492 g/mol. The van der Waals surface area contributed by atoms with Crippen molar-refractivity contribution in [1.82, 2.24) is 9.88 Å². The zero-order valence-electron chi connectivity index (χ0n) is 19.5. The van der Waals surface area contributed by atoms with Gasteiger partial charge in [0, 0.05) is 48.8 Å². The Morgan fingerprint density at radius 3 is 2.43 bits per heavy atom. The molecule has 0 saturated carbocycles. The number of pyridine rings is 1. The van der Waals surface area contributed by atoms with Gasteiger partial charge in [-0.2, -0.15) is 0 Å². The number of alkyl halides is 1. The Morgan fingerprint density at radius 2 is 1.77 bits per heavy atom. The summed E-state index contributed by atoms with van der Waals surface area (Å²) < 4.78 is 0. The third-order valence-electron chi connectivity index (χ3n) is 6.29. The SMILES string of the molecule is NC(=O)Cc1cnc(Nc2ccc(C3CCN(C(=O)CCl)CC3)cc2)cc1NCc1ccccc1. The smallest absolute Gasteiger partial charge is 0.237 e. The fraction of sp³-hybridized carbons (Fsp3) is 0.296. The van der Waals surface area contributed by atoms with Crippen molar-refractivity contribution >= 4 is 40.6 Å². The van der Waals surface area contributed by atoms with Crippen LogP contribution >= 0.6 is 11.6 Å². The predicted octanol–water partition coefficient (Wildman–Crippen LogP) is 4.41. The third kappa shape index (κ3) is 6.73. The highest BCUT2D eigenvalue weighted by molar-refractivity contribution is 6.27. The van der Waals surface area contributed by atoms with Crippen LogP contribution in [0.15, 0.2) is 66.9 Å². The van der Waals surface area contributed by atoms with E-state index in [0.29, 0.717) is 18.3 Å². The van der Waals surface area contributed by atoms with E-state index in [9.17, 15) is 9.59 Å². The Bertz CT molecular complexity index is 1150. The molecular weight excluding hydrogens is 462 g/mol. The molecule has 4 rings (SSSR count). The molecule has 1 aliphatic heterocycles. The molecular formula is C27H30ClN5O2. The number of rotatable bonds is 9. The van der Waals surface area contributed by atoms with Gasteiger partial charge in [0.25, 0.3) is 0 Å². The summed E-state index contributed by atoms with van der Waals surface area (Å²) in [6.07, 6.45) is 3.68. The van der Waals surface area contributed by atoms with Gasteiger partial charge in [-0.3, -0.25) is 9.59 Å². The van der Waals surface area contributed by atoms with Crippen LogP contribution in [-0.4, -0.2) is 40.7 Å². The summed E-state index contributed by atoms with van der Waals surface area (Å²) in [5.74, 6) is 0.768. The van der Waals surface area contributed by atoms with Crippen LogP contribution in [0, 0.1) is 0 Å². The number of amides is 2. The quantitative estimate of drug-likeness (QED) is 0.385. The van der Waals surface area contributed by atoms with Crippen molar-refractivity contribution in [3.8, 4) is 0 Å². The van der Waals surface area contributed by atoms with Gasteiger partial charge < -0.3 is 21.3 Å². The van der Waals surface area contributed by atoms with E-state index >= 15 is 0 Å². The zero-order chi connectivity index (χ0) is 24.6. The van der Waals surface area contributed by atoms with Gasteiger partial charge in [0.15, 0.2) is 0 Å². The second kappa shape index (κ2) is 11.7. The van der Waals surface area contributed by atoms with E-state index in [-0.39, 0.29) is 18.2 Å². The van der Waals surface area contributed by atoms with Crippen LogP contribution in [0.3, 0.4) is 0 Å². The number of benzene rings is 2. The van der Waals surface area contributed by atoms with E-state index in [1.165, 1.54) is 5.56 Å². The van der Waals surface area contributed by atoms with Crippen molar-refractivity contribution in [3.05, 3.63) is 83.6 Å². The Morgan fingerprint density at radius 1 is 1.06 bits per heavy atom. The molecule has 1 aliphatic rings. The highest BCUT2D eigenvalue weighted by atomic mass is 35.5. The second-order valence-corrected chi connectivity index (χ2v) is 9.01. The first-order chi connectivity index (χ1) is 17.0. The molecule has 0 bridgehead atoms. The summed E-state index contributed by atoms with van der Waals surface area (Å²) in [6, 6.07) is 20.3. The lowest BCUT2D eigenvalue weighted by Gasteiger charge is -2.32. The number of primary amides is 1. The molecule has 1 fully saturated rings. The van der Waals surface area contributed by atoms with Gasteiger partial charge in [-0.25, -0.2) is 4.98 Å². The molecule has 0 spiro atoms. The molecule has 0 atom stereocenters. The number of hydrogen-bond acceptors (Lipinski definition) is 5. The summed E-state index contributed by atoms with van der Waals surface area (Å²) in [6.45, 7) is 2.12. The maximum atomic E-state index is 11.8. The number of anilines is 3. The largest absolute Gasteiger partial charge is 0.381 e. The van der Waals surface area contributed by atoms with E-state index in [4.69, 9.17) is 17.3 Å². The number of nitrogens with one attached hydrogen (secondary N) is 2. The molecule has 0 unspecified atom stereocenters. The zero-order valence-corrected chi connectivity index (χ0v) is 20.3. The van der Waals surface area contributed by atoms with Crippen molar-refractivity contribution in [2.45, 2.75) is 31.7 Å². The van der Waals surface area contributed by atoms with Crippen LogP contribution in [-0.2, 0) is 22.6 Å². The molecule has 2 aromatic carbocycles. The minimum absolute atomic E-state index is 0.0108. The molecule has 8 heteroatoms. The van der Waals surface area contributed by atoms with Crippen molar-refractivity contribution in [2.24, 2.45) is 5.73 Å². The lowest BCUT2D eigenvalue weighted by Crippen LogP contribution is -2.38. The first kappa shape index (κ1) is 24.5. The number of nitrogens with two attached hydrogens (primary N) is 1. The van der Waals surface area contributed by atoms with Gasteiger partial charge in [0.2, 0.25) is 11.8 Å². The summed E-state index contributed by atoms with van der Waals surface area (Å²) in [5, 5.41) is 6.75. The lowest BCUT2D eigenvalue weighted by molar-refractivity contribution is -0.129. The second-order valence-electron chi connectivity index (χ2n) is 8.74.